The van der Waals surface area contributed by atoms with Crippen LogP contribution in [0.3, 0.4) is 0 Å². The molecule has 0 saturated carbocycles. The Morgan fingerprint density at radius 2 is 2.11 bits per heavy atom. The van der Waals surface area contributed by atoms with E-state index in [0.717, 1.165) is 10.0 Å². The molecule has 0 spiro atoms. The van der Waals surface area contributed by atoms with Gasteiger partial charge in [-0.15, -0.1) is 0 Å². The zero-order valence-electron chi connectivity index (χ0n) is 11.0. The van der Waals surface area contributed by atoms with Crippen molar-refractivity contribution >= 4 is 21.8 Å². The lowest BCUT2D eigenvalue weighted by molar-refractivity contribution is -0.130. The Bertz CT molecular complexity index is 473. The van der Waals surface area contributed by atoms with Crippen molar-refractivity contribution in [2.45, 2.75) is 45.3 Å². The number of carbonyl (C=O) groups excluding carboxylic acids is 1. The minimum Gasteiger partial charge on any atom is -0.332 e. The molecule has 1 aliphatic heterocycles. The van der Waals surface area contributed by atoms with E-state index in [2.05, 4.69) is 34.1 Å². The number of likely N-dealkylation sites (tertiary alicyclic amines) is 1. The molecular weight excluding hydrogens is 292 g/mol. The summed E-state index contributed by atoms with van der Waals surface area (Å²) < 4.78 is 1.07. The number of hydrogen-bond acceptors (Lipinski definition) is 2. The molecule has 1 saturated heterocycles. The molecule has 3 nitrogen and oxygen atoms in total. The van der Waals surface area contributed by atoms with E-state index in [1.54, 1.807) is 0 Å². The van der Waals surface area contributed by atoms with Crippen LogP contribution in [-0.2, 0) is 4.79 Å². The monoisotopic (exact) mass is 310 g/mol. The van der Waals surface area contributed by atoms with Crippen molar-refractivity contribution in [1.82, 2.24) is 4.90 Å². The minimum absolute atomic E-state index is 0.00519. The molecule has 0 aromatic heterocycles. The number of carbonyl (C=O) groups is 1. The van der Waals surface area contributed by atoms with Gasteiger partial charge in [0.25, 0.3) is 0 Å². The number of hydrogen-bond donors (Lipinski definition) is 1. The molecule has 4 heteroatoms. The third kappa shape index (κ3) is 2.31. The summed E-state index contributed by atoms with van der Waals surface area (Å²) in [5.41, 5.74) is 8.44. The fourth-order valence-electron chi connectivity index (χ4n) is 2.59. The Morgan fingerprint density at radius 1 is 1.44 bits per heavy atom. The van der Waals surface area contributed by atoms with Crippen LogP contribution in [0.15, 0.2) is 22.7 Å². The van der Waals surface area contributed by atoms with Crippen molar-refractivity contribution in [3.63, 3.8) is 0 Å². The van der Waals surface area contributed by atoms with E-state index in [0.29, 0.717) is 6.42 Å². The van der Waals surface area contributed by atoms with Gasteiger partial charge >= 0.3 is 0 Å². The summed E-state index contributed by atoms with van der Waals surface area (Å²) in [7, 11) is 0. The molecule has 0 aliphatic carbocycles. The third-order valence-electron chi connectivity index (χ3n) is 3.50. The van der Waals surface area contributed by atoms with Gasteiger partial charge < -0.3 is 10.6 Å². The van der Waals surface area contributed by atoms with Gasteiger partial charge in [-0.05, 0) is 38.0 Å². The molecule has 1 heterocycles. The van der Waals surface area contributed by atoms with Crippen LogP contribution in [0.5, 0.6) is 0 Å². The van der Waals surface area contributed by atoms with Crippen LogP contribution in [-0.4, -0.2) is 22.9 Å². The lowest BCUT2D eigenvalue weighted by Crippen LogP contribution is -2.37. The first-order valence-electron chi connectivity index (χ1n) is 6.24. The first kappa shape index (κ1) is 13.6. The normalized spacial score (nSPS) is 24.1. The highest BCUT2D eigenvalue weighted by atomic mass is 79.9. The summed E-state index contributed by atoms with van der Waals surface area (Å²) in [6.07, 6.45) is 0.439. The molecule has 1 aromatic carbocycles. The van der Waals surface area contributed by atoms with E-state index in [1.165, 1.54) is 5.56 Å². The van der Waals surface area contributed by atoms with Gasteiger partial charge in [0.15, 0.2) is 0 Å². The predicted octanol–water partition coefficient (Wildman–Crippen LogP) is 2.77. The van der Waals surface area contributed by atoms with Crippen LogP contribution in [0.4, 0.5) is 0 Å². The second-order valence-electron chi connectivity index (χ2n) is 5.22. The van der Waals surface area contributed by atoms with E-state index in [1.807, 2.05) is 25.7 Å². The topological polar surface area (TPSA) is 46.3 Å². The lowest BCUT2D eigenvalue weighted by Gasteiger charge is -2.31. The fraction of sp³-hybridized carbons (Fsp3) is 0.500. The van der Waals surface area contributed by atoms with Crippen molar-refractivity contribution in [2.24, 2.45) is 5.73 Å². The Kier molecular flexibility index (Phi) is 3.78. The van der Waals surface area contributed by atoms with E-state index in [4.69, 9.17) is 5.73 Å². The molecule has 18 heavy (non-hydrogen) atoms. The molecule has 0 radical (unpaired) electrons. The minimum atomic E-state index is -0.116. The number of nitrogens with zero attached hydrogens (tertiary/aromatic N) is 1. The van der Waals surface area contributed by atoms with E-state index in [9.17, 15) is 4.79 Å². The molecule has 1 aliphatic rings. The van der Waals surface area contributed by atoms with Gasteiger partial charge in [-0.2, -0.15) is 0 Å². The van der Waals surface area contributed by atoms with Crippen LogP contribution in [0.25, 0.3) is 0 Å². The van der Waals surface area contributed by atoms with Gasteiger partial charge in [0.1, 0.15) is 0 Å². The van der Waals surface area contributed by atoms with Crippen LogP contribution in [0.1, 0.15) is 37.4 Å². The maximum Gasteiger partial charge on any atom is 0.225 e. The highest BCUT2D eigenvalue weighted by molar-refractivity contribution is 9.10. The molecular formula is C14H19BrN2O. The number of halogens is 1. The summed E-state index contributed by atoms with van der Waals surface area (Å²) in [6.45, 7) is 6.12. The van der Waals surface area contributed by atoms with E-state index < -0.39 is 0 Å². The van der Waals surface area contributed by atoms with Crippen LogP contribution in [0, 0.1) is 6.92 Å². The van der Waals surface area contributed by atoms with E-state index in [-0.39, 0.29) is 24.0 Å². The number of nitrogens with two attached hydrogens (primary N) is 1. The zero-order valence-corrected chi connectivity index (χ0v) is 12.6. The van der Waals surface area contributed by atoms with Gasteiger partial charge in [-0.1, -0.05) is 28.1 Å². The quantitative estimate of drug-likeness (QED) is 0.913. The molecule has 2 N–H and O–H groups in total. The summed E-state index contributed by atoms with van der Waals surface area (Å²) >= 11 is 3.54. The molecule has 1 amide bonds. The maximum absolute atomic E-state index is 12.0. The molecule has 1 fully saturated rings. The third-order valence-corrected chi connectivity index (χ3v) is 4.35. The van der Waals surface area contributed by atoms with Crippen LogP contribution in [0.2, 0.25) is 0 Å². The van der Waals surface area contributed by atoms with Crippen LogP contribution >= 0.6 is 15.9 Å². The van der Waals surface area contributed by atoms with E-state index >= 15 is 0 Å². The summed E-state index contributed by atoms with van der Waals surface area (Å²) in [6, 6.07) is 6.26. The van der Waals surface area contributed by atoms with Gasteiger partial charge in [-0.25, -0.2) is 0 Å². The fourth-order valence-corrected chi connectivity index (χ4v) is 2.99. The predicted molar refractivity (Wildman–Crippen MR) is 76.2 cm³/mol. The highest BCUT2D eigenvalue weighted by Gasteiger charge is 2.39. The average molecular weight is 311 g/mol. The number of aryl methyl sites for hydroxylation is 1. The van der Waals surface area contributed by atoms with Gasteiger partial charge in [0.05, 0.1) is 6.04 Å². The second kappa shape index (κ2) is 5.02. The SMILES string of the molecule is Cc1ccc(C2C(N)CC(=O)N2C(C)C)cc1Br. The lowest BCUT2D eigenvalue weighted by atomic mass is 9.99. The molecule has 2 unspecified atom stereocenters. The van der Waals surface area contributed by atoms with Gasteiger partial charge in [0, 0.05) is 23.0 Å². The average Bonchev–Trinajstić information content (AvgIpc) is 2.57. The van der Waals surface area contributed by atoms with Crippen molar-refractivity contribution < 1.29 is 4.79 Å². The van der Waals surface area contributed by atoms with Crippen LogP contribution < -0.4 is 5.73 Å². The molecule has 1 aromatic rings. The summed E-state index contributed by atoms with van der Waals surface area (Å²) in [4.78, 5) is 13.9. The van der Waals surface area contributed by atoms with Crippen molar-refractivity contribution in [3.05, 3.63) is 33.8 Å². The Hall–Kier alpha value is -0.870. The van der Waals surface area contributed by atoms with Gasteiger partial charge in [-0.3, -0.25) is 4.79 Å². The van der Waals surface area contributed by atoms with Crippen molar-refractivity contribution in [2.75, 3.05) is 0 Å². The molecule has 98 valence electrons. The Morgan fingerprint density at radius 3 is 2.67 bits per heavy atom. The zero-order chi connectivity index (χ0) is 13.4. The summed E-state index contributed by atoms with van der Waals surface area (Å²) in [5.74, 6) is 0.152. The standard InChI is InChI=1S/C14H19BrN2O/c1-8(2)17-13(18)7-12(16)14(17)10-5-4-9(3)11(15)6-10/h4-6,8,12,14H,7,16H2,1-3H3. The largest absolute Gasteiger partial charge is 0.332 e. The van der Waals surface area contributed by atoms with Crippen molar-refractivity contribution in [3.8, 4) is 0 Å². The first-order valence-corrected chi connectivity index (χ1v) is 7.04. The highest BCUT2D eigenvalue weighted by Crippen LogP contribution is 2.35. The number of benzene rings is 1. The first-order chi connectivity index (χ1) is 8.41. The van der Waals surface area contributed by atoms with Crippen molar-refractivity contribution in [1.29, 1.82) is 0 Å². The number of rotatable bonds is 2. The Labute approximate surface area is 116 Å². The summed E-state index contributed by atoms with van der Waals surface area (Å²) in [5, 5.41) is 0. The molecule has 2 rings (SSSR count). The maximum atomic E-state index is 12.0. The smallest absolute Gasteiger partial charge is 0.225 e. The van der Waals surface area contributed by atoms with Gasteiger partial charge in [0.2, 0.25) is 5.91 Å². The molecule has 0 bridgehead atoms. The number of amides is 1. The Balaban J connectivity index is 2.40. The molecule has 2 atom stereocenters. The second-order valence-corrected chi connectivity index (χ2v) is 6.07.